The molecule has 1 heteroatoms. The quantitative estimate of drug-likeness (QED) is 0.558. The summed E-state index contributed by atoms with van der Waals surface area (Å²) in [4.78, 5) is 0. The van der Waals surface area contributed by atoms with E-state index < -0.39 is 0 Å². The van der Waals surface area contributed by atoms with Gasteiger partial charge in [-0.1, -0.05) is 58.8 Å². The van der Waals surface area contributed by atoms with E-state index in [1.807, 2.05) is 12.1 Å². The first-order valence-corrected chi connectivity index (χ1v) is 7.86. The second kappa shape index (κ2) is 8.84. The van der Waals surface area contributed by atoms with E-state index in [-0.39, 0.29) is 0 Å². The average Bonchev–Trinajstić information content (AvgIpc) is 2.44. The van der Waals surface area contributed by atoms with Gasteiger partial charge in [-0.2, -0.15) is 0 Å². The van der Waals surface area contributed by atoms with Gasteiger partial charge in [-0.25, -0.2) is 0 Å². The van der Waals surface area contributed by atoms with Crippen LogP contribution in [0.25, 0.3) is 6.08 Å². The molecule has 20 heavy (non-hydrogen) atoms. The van der Waals surface area contributed by atoms with Crippen molar-refractivity contribution < 1.29 is 4.74 Å². The Morgan fingerprint density at radius 3 is 2.50 bits per heavy atom. The molecule has 1 aromatic rings. The molecule has 0 bridgehead atoms. The Labute approximate surface area is 125 Å². The molecule has 1 nitrogen and oxygen atoms in total. The fourth-order valence-corrected chi connectivity index (χ4v) is 2.54. The number of hydrogen-bond donors (Lipinski definition) is 0. The number of aryl methyl sites for hydroxylation is 1. The summed E-state index contributed by atoms with van der Waals surface area (Å²) >= 11 is 0. The molecule has 0 saturated heterocycles. The third-order valence-corrected chi connectivity index (χ3v) is 3.96. The zero-order valence-corrected chi connectivity index (χ0v) is 13.6. The van der Waals surface area contributed by atoms with Crippen LogP contribution in [-0.2, 0) is 6.42 Å². The molecule has 1 atom stereocenters. The van der Waals surface area contributed by atoms with Crippen LogP contribution in [0.4, 0.5) is 0 Å². The molecule has 1 rings (SSSR count). The van der Waals surface area contributed by atoms with Gasteiger partial charge in [-0.3, -0.25) is 0 Å². The predicted octanol–water partition coefficient (Wildman–Crippen LogP) is 5.73. The van der Waals surface area contributed by atoms with Crippen LogP contribution in [0.3, 0.4) is 0 Å². The maximum absolute atomic E-state index is 5.26. The minimum Gasteiger partial charge on any atom is -0.497 e. The first-order valence-electron chi connectivity index (χ1n) is 7.86. The molecular formula is C19H30O. The average molecular weight is 274 g/mol. The van der Waals surface area contributed by atoms with Gasteiger partial charge in [0.15, 0.2) is 0 Å². The Morgan fingerprint density at radius 2 is 1.90 bits per heavy atom. The van der Waals surface area contributed by atoms with E-state index in [9.17, 15) is 0 Å². The summed E-state index contributed by atoms with van der Waals surface area (Å²) in [5.74, 6) is 2.54. The standard InChI is InChI=1S/C19H30O/c1-6-17-14-19(20-5)13-12-18(17)11-10-16(4)9-7-8-15(2)3/h6,12-16H,1,7-11H2,2-5H3. The topological polar surface area (TPSA) is 9.23 Å². The van der Waals surface area contributed by atoms with E-state index in [4.69, 9.17) is 4.74 Å². The molecule has 0 N–H and O–H groups in total. The number of methoxy groups -OCH3 is 1. The molecule has 0 fully saturated rings. The molecule has 0 aliphatic carbocycles. The molecule has 1 aromatic carbocycles. The summed E-state index contributed by atoms with van der Waals surface area (Å²) in [5, 5.41) is 0. The van der Waals surface area contributed by atoms with Gasteiger partial charge in [0.05, 0.1) is 7.11 Å². The van der Waals surface area contributed by atoms with E-state index in [1.165, 1.54) is 36.8 Å². The van der Waals surface area contributed by atoms with Crippen molar-refractivity contribution in [3.05, 3.63) is 35.9 Å². The van der Waals surface area contributed by atoms with Gasteiger partial charge in [0, 0.05) is 0 Å². The van der Waals surface area contributed by atoms with Crippen molar-refractivity contribution in [1.82, 2.24) is 0 Å². The highest BCUT2D eigenvalue weighted by Crippen LogP contribution is 2.23. The SMILES string of the molecule is C=Cc1cc(OC)ccc1CCC(C)CCCC(C)C. The van der Waals surface area contributed by atoms with Crippen molar-refractivity contribution in [2.24, 2.45) is 11.8 Å². The van der Waals surface area contributed by atoms with Crippen molar-refractivity contribution in [3.8, 4) is 5.75 Å². The first kappa shape index (κ1) is 16.8. The number of hydrogen-bond acceptors (Lipinski definition) is 1. The molecule has 0 aromatic heterocycles. The van der Waals surface area contributed by atoms with Crippen LogP contribution in [0.5, 0.6) is 5.75 Å². The number of ether oxygens (including phenoxy) is 1. The normalized spacial score (nSPS) is 12.4. The van der Waals surface area contributed by atoms with Gasteiger partial charge in [0.25, 0.3) is 0 Å². The lowest BCUT2D eigenvalue weighted by atomic mass is 9.93. The molecule has 1 unspecified atom stereocenters. The van der Waals surface area contributed by atoms with E-state index in [2.05, 4.69) is 39.5 Å². The third-order valence-electron chi connectivity index (χ3n) is 3.96. The molecule has 0 spiro atoms. The Balaban J connectivity index is 2.46. The van der Waals surface area contributed by atoms with E-state index in [1.54, 1.807) is 7.11 Å². The Morgan fingerprint density at radius 1 is 1.15 bits per heavy atom. The van der Waals surface area contributed by atoms with Gasteiger partial charge in [-0.05, 0) is 47.9 Å². The minimum absolute atomic E-state index is 0.800. The van der Waals surface area contributed by atoms with Gasteiger partial charge < -0.3 is 4.74 Å². The lowest BCUT2D eigenvalue weighted by Crippen LogP contribution is -2.00. The summed E-state index contributed by atoms with van der Waals surface area (Å²) in [6, 6.07) is 6.30. The summed E-state index contributed by atoms with van der Waals surface area (Å²) in [7, 11) is 1.71. The van der Waals surface area contributed by atoms with Crippen LogP contribution in [0.1, 0.15) is 57.6 Å². The van der Waals surface area contributed by atoms with Crippen molar-refractivity contribution >= 4 is 6.08 Å². The van der Waals surface area contributed by atoms with Crippen LogP contribution in [0.2, 0.25) is 0 Å². The fraction of sp³-hybridized carbons (Fsp3) is 0.579. The van der Waals surface area contributed by atoms with Gasteiger partial charge in [0.1, 0.15) is 5.75 Å². The predicted molar refractivity (Wildman–Crippen MR) is 89.3 cm³/mol. The highest BCUT2D eigenvalue weighted by atomic mass is 16.5. The summed E-state index contributed by atoms with van der Waals surface area (Å²) < 4.78 is 5.26. The smallest absolute Gasteiger partial charge is 0.119 e. The maximum atomic E-state index is 5.26. The molecule has 0 heterocycles. The Kier molecular flexibility index (Phi) is 7.43. The molecule has 0 amide bonds. The van der Waals surface area contributed by atoms with Gasteiger partial charge >= 0.3 is 0 Å². The molecular weight excluding hydrogens is 244 g/mol. The first-order chi connectivity index (χ1) is 9.56. The molecule has 0 radical (unpaired) electrons. The fourth-order valence-electron chi connectivity index (χ4n) is 2.54. The van der Waals surface area contributed by atoms with Crippen LogP contribution in [0.15, 0.2) is 24.8 Å². The summed E-state index contributed by atoms with van der Waals surface area (Å²) in [5.41, 5.74) is 2.59. The van der Waals surface area contributed by atoms with Crippen molar-refractivity contribution in [2.75, 3.05) is 7.11 Å². The highest BCUT2D eigenvalue weighted by molar-refractivity contribution is 5.54. The van der Waals surface area contributed by atoms with Gasteiger partial charge in [-0.15, -0.1) is 0 Å². The largest absolute Gasteiger partial charge is 0.497 e. The van der Waals surface area contributed by atoms with Gasteiger partial charge in [0.2, 0.25) is 0 Å². The van der Waals surface area contributed by atoms with E-state index in [0.29, 0.717) is 0 Å². The molecule has 0 aliphatic rings. The molecule has 0 aliphatic heterocycles. The van der Waals surface area contributed by atoms with Crippen LogP contribution in [-0.4, -0.2) is 7.11 Å². The lowest BCUT2D eigenvalue weighted by Gasteiger charge is -2.14. The third kappa shape index (κ3) is 5.81. The zero-order valence-electron chi connectivity index (χ0n) is 13.6. The summed E-state index contributed by atoms with van der Waals surface area (Å²) in [6.07, 6.45) is 8.37. The number of rotatable bonds is 9. The molecule has 112 valence electrons. The second-order valence-corrected chi connectivity index (χ2v) is 6.24. The van der Waals surface area contributed by atoms with Crippen LogP contribution < -0.4 is 4.74 Å². The minimum atomic E-state index is 0.800. The monoisotopic (exact) mass is 274 g/mol. The summed E-state index contributed by atoms with van der Waals surface area (Å²) in [6.45, 7) is 10.9. The Bertz CT molecular complexity index is 406. The van der Waals surface area contributed by atoms with Crippen molar-refractivity contribution in [3.63, 3.8) is 0 Å². The lowest BCUT2D eigenvalue weighted by molar-refractivity contribution is 0.414. The van der Waals surface area contributed by atoms with Crippen molar-refractivity contribution in [2.45, 2.75) is 52.9 Å². The van der Waals surface area contributed by atoms with Crippen LogP contribution >= 0.6 is 0 Å². The van der Waals surface area contributed by atoms with E-state index in [0.717, 1.165) is 24.0 Å². The highest BCUT2D eigenvalue weighted by Gasteiger charge is 2.07. The number of benzene rings is 1. The second-order valence-electron chi connectivity index (χ2n) is 6.24. The Hall–Kier alpha value is -1.24. The van der Waals surface area contributed by atoms with Crippen molar-refractivity contribution in [1.29, 1.82) is 0 Å². The maximum Gasteiger partial charge on any atom is 0.119 e. The van der Waals surface area contributed by atoms with Crippen LogP contribution in [0, 0.1) is 11.8 Å². The van der Waals surface area contributed by atoms with E-state index >= 15 is 0 Å². The zero-order chi connectivity index (χ0) is 15.0. The molecule has 0 saturated carbocycles.